The molecule has 178 valence electrons. The Labute approximate surface area is 203 Å². The molecule has 1 saturated heterocycles. The van der Waals surface area contributed by atoms with Gasteiger partial charge in [0.1, 0.15) is 5.75 Å². The number of amides is 1. The van der Waals surface area contributed by atoms with Crippen molar-refractivity contribution in [2.24, 2.45) is 0 Å². The summed E-state index contributed by atoms with van der Waals surface area (Å²) in [6.45, 7) is 8.75. The molecule has 1 aliphatic rings. The monoisotopic (exact) mass is 457 g/mol. The number of hydrogen-bond acceptors (Lipinski definition) is 4. The molecule has 3 aromatic rings. The first-order chi connectivity index (χ1) is 16.6. The van der Waals surface area contributed by atoms with Crippen LogP contribution in [0.4, 0.5) is 4.79 Å². The molecule has 0 aliphatic carbocycles. The second-order valence-electron chi connectivity index (χ2n) is 8.93. The van der Waals surface area contributed by atoms with Gasteiger partial charge in [0.05, 0.1) is 6.04 Å². The van der Waals surface area contributed by atoms with E-state index in [1.807, 2.05) is 25.1 Å². The van der Waals surface area contributed by atoms with Crippen molar-refractivity contribution in [3.8, 4) is 5.75 Å². The minimum atomic E-state index is -0.325. The molecule has 1 unspecified atom stereocenters. The smallest absolute Gasteiger partial charge is 0.410 e. The van der Waals surface area contributed by atoms with Crippen LogP contribution in [0.2, 0.25) is 0 Å². The molecule has 1 aliphatic heterocycles. The Morgan fingerprint density at radius 2 is 1.35 bits per heavy atom. The van der Waals surface area contributed by atoms with Gasteiger partial charge in [-0.05, 0) is 42.7 Å². The summed E-state index contributed by atoms with van der Waals surface area (Å²) in [5, 5.41) is 0. The van der Waals surface area contributed by atoms with Crippen LogP contribution >= 0.6 is 0 Å². The fourth-order valence-electron chi connectivity index (χ4n) is 4.62. The first kappa shape index (κ1) is 24.0. The van der Waals surface area contributed by atoms with E-state index in [-0.39, 0.29) is 18.2 Å². The van der Waals surface area contributed by atoms with Gasteiger partial charge in [0.25, 0.3) is 0 Å². The molecular formula is C29H35N3O2. The Balaban J connectivity index is 1.44. The Morgan fingerprint density at radius 1 is 0.824 bits per heavy atom. The summed E-state index contributed by atoms with van der Waals surface area (Å²) in [5.41, 5.74) is 3.84. The van der Waals surface area contributed by atoms with Crippen LogP contribution in [0.3, 0.4) is 0 Å². The topological polar surface area (TPSA) is 36.0 Å². The second-order valence-corrected chi connectivity index (χ2v) is 8.93. The van der Waals surface area contributed by atoms with Crippen molar-refractivity contribution in [3.05, 3.63) is 102 Å². The van der Waals surface area contributed by atoms with Crippen LogP contribution in [-0.4, -0.2) is 60.6 Å². The van der Waals surface area contributed by atoms with Crippen molar-refractivity contribution in [2.75, 3.05) is 39.8 Å². The quantitative estimate of drug-likeness (QED) is 0.462. The molecule has 5 heteroatoms. The standard InChI is InChI=1S/C29H35N3O2/c1-4-30(3)29(33)34-27-17-11-16-26(22-27)23(2)31-18-20-32(21-19-31)28(24-12-7-5-8-13-24)25-14-9-6-10-15-25/h5-17,22-23,28H,4,18-21H2,1-3H3. The molecule has 0 aromatic heterocycles. The Morgan fingerprint density at radius 3 is 1.91 bits per heavy atom. The molecule has 0 spiro atoms. The van der Waals surface area contributed by atoms with Gasteiger partial charge in [-0.3, -0.25) is 9.80 Å². The summed E-state index contributed by atoms with van der Waals surface area (Å²) >= 11 is 0. The van der Waals surface area contributed by atoms with E-state index in [2.05, 4.69) is 83.5 Å². The van der Waals surface area contributed by atoms with E-state index in [9.17, 15) is 4.79 Å². The van der Waals surface area contributed by atoms with Crippen LogP contribution in [0.1, 0.15) is 42.6 Å². The maximum atomic E-state index is 12.1. The van der Waals surface area contributed by atoms with Crippen LogP contribution in [-0.2, 0) is 0 Å². The van der Waals surface area contributed by atoms with Crippen molar-refractivity contribution in [3.63, 3.8) is 0 Å². The van der Waals surface area contributed by atoms with Crippen LogP contribution in [0.5, 0.6) is 5.75 Å². The van der Waals surface area contributed by atoms with E-state index in [0.717, 1.165) is 26.2 Å². The van der Waals surface area contributed by atoms with Crippen LogP contribution in [0.15, 0.2) is 84.9 Å². The minimum absolute atomic E-state index is 0.247. The molecule has 3 aromatic carbocycles. The number of hydrogen-bond donors (Lipinski definition) is 0. The number of piperazine rings is 1. The number of benzene rings is 3. The van der Waals surface area contributed by atoms with Crippen molar-refractivity contribution in [1.29, 1.82) is 0 Å². The number of rotatable bonds is 7. The first-order valence-corrected chi connectivity index (χ1v) is 12.2. The van der Waals surface area contributed by atoms with Gasteiger partial charge in [0, 0.05) is 45.8 Å². The minimum Gasteiger partial charge on any atom is -0.410 e. The predicted molar refractivity (Wildman–Crippen MR) is 137 cm³/mol. The van der Waals surface area contributed by atoms with Gasteiger partial charge in [0.15, 0.2) is 0 Å². The van der Waals surface area contributed by atoms with E-state index < -0.39 is 0 Å². The molecule has 34 heavy (non-hydrogen) atoms. The third kappa shape index (κ3) is 5.66. The molecule has 4 rings (SSSR count). The van der Waals surface area contributed by atoms with Crippen molar-refractivity contribution in [2.45, 2.75) is 25.9 Å². The highest BCUT2D eigenvalue weighted by Crippen LogP contribution is 2.31. The van der Waals surface area contributed by atoms with Crippen molar-refractivity contribution >= 4 is 6.09 Å². The lowest BCUT2D eigenvalue weighted by Gasteiger charge is -2.42. The number of carbonyl (C=O) groups is 1. The number of nitrogens with zero attached hydrogens (tertiary/aromatic N) is 3. The molecule has 0 bridgehead atoms. The van der Waals surface area contributed by atoms with Gasteiger partial charge in [-0.1, -0.05) is 72.8 Å². The average Bonchev–Trinajstić information content (AvgIpc) is 2.90. The van der Waals surface area contributed by atoms with E-state index in [4.69, 9.17) is 4.74 Å². The highest BCUT2D eigenvalue weighted by Gasteiger charge is 2.28. The highest BCUT2D eigenvalue weighted by molar-refractivity contribution is 5.70. The Kier molecular flexibility index (Phi) is 7.99. The molecule has 1 heterocycles. The first-order valence-electron chi connectivity index (χ1n) is 12.2. The van der Waals surface area contributed by atoms with Gasteiger partial charge < -0.3 is 9.64 Å². The van der Waals surface area contributed by atoms with Crippen molar-refractivity contribution in [1.82, 2.24) is 14.7 Å². The molecule has 1 atom stereocenters. The molecule has 0 radical (unpaired) electrons. The van der Waals surface area contributed by atoms with E-state index in [1.54, 1.807) is 11.9 Å². The highest BCUT2D eigenvalue weighted by atomic mass is 16.6. The summed E-state index contributed by atoms with van der Waals surface area (Å²) in [7, 11) is 1.74. The van der Waals surface area contributed by atoms with Crippen LogP contribution < -0.4 is 4.74 Å². The summed E-state index contributed by atoms with van der Waals surface area (Å²) in [4.78, 5) is 18.8. The zero-order valence-electron chi connectivity index (χ0n) is 20.4. The van der Waals surface area contributed by atoms with E-state index in [1.165, 1.54) is 16.7 Å². The lowest BCUT2D eigenvalue weighted by atomic mass is 9.96. The SMILES string of the molecule is CCN(C)C(=O)Oc1cccc(C(C)N2CCN(C(c3ccccc3)c3ccccc3)CC2)c1. The molecule has 1 fully saturated rings. The van der Waals surface area contributed by atoms with Gasteiger partial charge in [-0.25, -0.2) is 4.79 Å². The van der Waals surface area contributed by atoms with E-state index >= 15 is 0 Å². The fourth-order valence-corrected chi connectivity index (χ4v) is 4.62. The lowest BCUT2D eigenvalue weighted by Crippen LogP contribution is -2.48. The average molecular weight is 458 g/mol. The third-order valence-electron chi connectivity index (χ3n) is 6.82. The lowest BCUT2D eigenvalue weighted by molar-refractivity contribution is 0.0838. The Hall–Kier alpha value is -3.15. The van der Waals surface area contributed by atoms with Gasteiger partial charge in [-0.2, -0.15) is 0 Å². The summed E-state index contributed by atoms with van der Waals surface area (Å²) in [5.74, 6) is 0.599. The molecule has 5 nitrogen and oxygen atoms in total. The molecule has 1 amide bonds. The van der Waals surface area contributed by atoms with Gasteiger partial charge in [-0.15, -0.1) is 0 Å². The second kappa shape index (κ2) is 11.3. The van der Waals surface area contributed by atoms with E-state index in [0.29, 0.717) is 12.3 Å². The summed E-state index contributed by atoms with van der Waals surface area (Å²) < 4.78 is 5.55. The molecule has 0 N–H and O–H groups in total. The predicted octanol–water partition coefficient (Wildman–Crippen LogP) is 5.61. The summed E-state index contributed by atoms with van der Waals surface area (Å²) in [6, 6.07) is 30.0. The normalized spacial score (nSPS) is 15.8. The molecule has 0 saturated carbocycles. The molecular weight excluding hydrogens is 422 g/mol. The summed E-state index contributed by atoms with van der Waals surface area (Å²) in [6.07, 6.45) is -0.325. The maximum absolute atomic E-state index is 12.1. The van der Waals surface area contributed by atoms with Crippen LogP contribution in [0, 0.1) is 0 Å². The van der Waals surface area contributed by atoms with Crippen molar-refractivity contribution < 1.29 is 9.53 Å². The zero-order valence-corrected chi connectivity index (χ0v) is 20.4. The van der Waals surface area contributed by atoms with Crippen LogP contribution in [0.25, 0.3) is 0 Å². The number of carbonyl (C=O) groups excluding carboxylic acids is 1. The van der Waals surface area contributed by atoms with Gasteiger partial charge in [0.2, 0.25) is 0 Å². The fraction of sp³-hybridized carbons (Fsp3) is 0.345. The van der Waals surface area contributed by atoms with Gasteiger partial charge >= 0.3 is 6.09 Å². The maximum Gasteiger partial charge on any atom is 0.414 e. The largest absolute Gasteiger partial charge is 0.414 e. The Bertz CT molecular complexity index is 1010. The third-order valence-corrected chi connectivity index (χ3v) is 6.82. The zero-order chi connectivity index (χ0) is 23.9. The number of ether oxygens (including phenoxy) is 1.